The molecule has 4 nitrogen and oxygen atoms in total. The molecule has 0 bridgehead atoms. The van der Waals surface area contributed by atoms with Crippen LogP contribution in [0.3, 0.4) is 0 Å². The van der Waals surface area contributed by atoms with Gasteiger partial charge in [-0.15, -0.1) is 0 Å². The largest absolute Gasteiger partial charge is 0.369 e. The summed E-state index contributed by atoms with van der Waals surface area (Å²) in [5, 5.41) is 3.47. The number of nitrogens with one attached hydrogen (secondary N) is 1. The van der Waals surface area contributed by atoms with Crippen molar-refractivity contribution in [3.05, 3.63) is 63.0 Å². The van der Waals surface area contributed by atoms with Crippen molar-refractivity contribution >= 4 is 56.2 Å². The van der Waals surface area contributed by atoms with E-state index in [9.17, 15) is 4.79 Å². The Kier molecular flexibility index (Phi) is 5.34. The molecule has 1 atom stereocenters. The van der Waals surface area contributed by atoms with Crippen LogP contribution in [0.2, 0.25) is 0 Å². The molecule has 2 heterocycles. The van der Waals surface area contributed by atoms with E-state index in [1.165, 1.54) is 23.0 Å². The highest BCUT2D eigenvalue weighted by Gasteiger charge is 2.34. The van der Waals surface area contributed by atoms with Gasteiger partial charge in [0, 0.05) is 22.7 Å². The fourth-order valence-corrected chi connectivity index (χ4v) is 5.06. The molecule has 2 aliphatic rings. The van der Waals surface area contributed by atoms with Gasteiger partial charge in [-0.25, -0.2) is 4.99 Å². The van der Waals surface area contributed by atoms with Gasteiger partial charge < -0.3 is 10.2 Å². The first-order valence-electron chi connectivity index (χ1n) is 9.66. The Morgan fingerprint density at radius 2 is 1.97 bits per heavy atom. The molecule has 1 N–H and O–H groups in total. The number of thioether (sulfide) groups is 1. The van der Waals surface area contributed by atoms with Gasteiger partial charge in [0.25, 0.3) is 5.91 Å². The standard InChI is InChI=1S/C23H24BrN3OS/c1-14-13-23(2,3)27(4)19-10-5-15(11-18(14)19)12-20-21(28)26-22(29-20)25-17-8-6-16(24)7-9-17/h5-12,14H,13H2,1-4H3,(H,25,26,28)/b20-12-. The average molecular weight is 470 g/mol. The van der Waals surface area contributed by atoms with E-state index in [1.54, 1.807) is 0 Å². The Balaban J connectivity index is 1.59. The van der Waals surface area contributed by atoms with E-state index < -0.39 is 0 Å². The summed E-state index contributed by atoms with van der Waals surface area (Å²) < 4.78 is 1.00. The van der Waals surface area contributed by atoms with Crippen LogP contribution in [0.25, 0.3) is 6.08 Å². The molecular weight excluding hydrogens is 446 g/mol. The minimum atomic E-state index is -0.102. The topological polar surface area (TPSA) is 44.7 Å². The molecule has 150 valence electrons. The molecule has 2 aromatic carbocycles. The minimum Gasteiger partial charge on any atom is -0.369 e. The van der Waals surface area contributed by atoms with Crippen LogP contribution in [0.1, 0.15) is 44.2 Å². The van der Waals surface area contributed by atoms with Gasteiger partial charge in [-0.1, -0.05) is 28.9 Å². The summed E-state index contributed by atoms with van der Waals surface area (Å²) in [4.78, 5) is 20.0. The van der Waals surface area contributed by atoms with Gasteiger partial charge in [-0.3, -0.25) is 4.79 Å². The summed E-state index contributed by atoms with van der Waals surface area (Å²) in [5.74, 6) is 0.379. The quantitative estimate of drug-likeness (QED) is 0.543. The summed E-state index contributed by atoms with van der Waals surface area (Å²) in [6.45, 7) is 6.85. The molecule has 0 radical (unpaired) electrons. The van der Waals surface area contributed by atoms with Gasteiger partial charge in [0.1, 0.15) is 0 Å². The summed E-state index contributed by atoms with van der Waals surface area (Å²) in [6.07, 6.45) is 3.06. The number of amidine groups is 1. The molecule has 1 saturated heterocycles. The summed E-state index contributed by atoms with van der Waals surface area (Å²) in [6, 6.07) is 14.2. The number of hydrogen-bond donors (Lipinski definition) is 1. The van der Waals surface area contributed by atoms with Crippen LogP contribution in [0.4, 0.5) is 11.4 Å². The Labute approximate surface area is 184 Å². The Hall–Kier alpha value is -2.05. The van der Waals surface area contributed by atoms with E-state index in [0.29, 0.717) is 16.0 Å². The Bertz CT molecular complexity index is 1030. The highest BCUT2D eigenvalue weighted by molar-refractivity contribution is 9.10. The fourth-order valence-electron chi connectivity index (χ4n) is 3.95. The maximum atomic E-state index is 12.4. The van der Waals surface area contributed by atoms with E-state index in [-0.39, 0.29) is 11.4 Å². The summed E-state index contributed by atoms with van der Waals surface area (Å²) in [5.41, 5.74) is 4.62. The van der Waals surface area contributed by atoms with Crippen molar-refractivity contribution in [3.63, 3.8) is 0 Å². The summed E-state index contributed by atoms with van der Waals surface area (Å²) in [7, 11) is 2.16. The molecular formula is C23H24BrN3OS. The first kappa shape index (κ1) is 20.2. The zero-order valence-corrected chi connectivity index (χ0v) is 19.4. The number of fused-ring (bicyclic) bond motifs is 1. The second-order valence-corrected chi connectivity index (χ2v) is 10.2. The van der Waals surface area contributed by atoms with E-state index in [4.69, 9.17) is 0 Å². The van der Waals surface area contributed by atoms with Crippen molar-refractivity contribution in [1.29, 1.82) is 0 Å². The van der Waals surface area contributed by atoms with Gasteiger partial charge >= 0.3 is 0 Å². The first-order chi connectivity index (χ1) is 13.7. The molecule has 2 aromatic rings. The number of carbonyl (C=O) groups is 1. The Morgan fingerprint density at radius 3 is 2.69 bits per heavy atom. The zero-order chi connectivity index (χ0) is 20.8. The number of aliphatic imine (C=N–C) groups is 1. The van der Waals surface area contributed by atoms with Crippen LogP contribution in [0.15, 0.2) is 56.8 Å². The highest BCUT2D eigenvalue weighted by Crippen LogP contribution is 2.43. The normalized spacial score (nSPS) is 23.4. The molecule has 2 aliphatic heterocycles. The molecule has 0 spiro atoms. The number of rotatable bonds is 2. The third kappa shape index (κ3) is 4.14. The minimum absolute atomic E-state index is 0.102. The summed E-state index contributed by atoms with van der Waals surface area (Å²) >= 11 is 4.80. The van der Waals surface area contributed by atoms with E-state index in [1.807, 2.05) is 30.3 Å². The number of benzene rings is 2. The van der Waals surface area contributed by atoms with E-state index >= 15 is 0 Å². The smallest absolute Gasteiger partial charge is 0.264 e. The van der Waals surface area contributed by atoms with Crippen LogP contribution >= 0.6 is 27.7 Å². The molecule has 4 rings (SSSR count). The van der Waals surface area contributed by atoms with E-state index in [0.717, 1.165) is 22.1 Å². The van der Waals surface area contributed by atoms with Crippen molar-refractivity contribution in [2.45, 2.75) is 38.6 Å². The number of hydrogen-bond acceptors (Lipinski definition) is 4. The van der Waals surface area contributed by atoms with Crippen LogP contribution in [0.5, 0.6) is 0 Å². The molecule has 0 aliphatic carbocycles. The third-order valence-electron chi connectivity index (χ3n) is 5.66. The number of halogens is 1. The maximum Gasteiger partial charge on any atom is 0.264 e. The van der Waals surface area contributed by atoms with Crippen molar-refractivity contribution < 1.29 is 4.79 Å². The molecule has 0 aromatic heterocycles. The van der Waals surface area contributed by atoms with Gasteiger partial charge in [-0.2, -0.15) is 0 Å². The molecule has 1 unspecified atom stereocenters. The lowest BCUT2D eigenvalue weighted by Crippen LogP contribution is -2.45. The monoisotopic (exact) mass is 469 g/mol. The number of amides is 1. The van der Waals surface area contributed by atoms with Crippen molar-refractivity contribution in [1.82, 2.24) is 5.32 Å². The average Bonchev–Trinajstić information content (AvgIpc) is 3.00. The van der Waals surface area contributed by atoms with Crippen molar-refractivity contribution in [2.75, 3.05) is 11.9 Å². The molecule has 1 amide bonds. The second kappa shape index (κ2) is 7.65. The molecule has 6 heteroatoms. The third-order valence-corrected chi connectivity index (χ3v) is 7.10. The lowest BCUT2D eigenvalue weighted by molar-refractivity contribution is -0.115. The van der Waals surface area contributed by atoms with E-state index in [2.05, 4.69) is 77.2 Å². The van der Waals surface area contributed by atoms with Gasteiger partial charge in [0.2, 0.25) is 0 Å². The van der Waals surface area contributed by atoms with Crippen molar-refractivity contribution in [3.8, 4) is 0 Å². The predicted molar refractivity (Wildman–Crippen MR) is 127 cm³/mol. The fraction of sp³-hybridized carbons (Fsp3) is 0.304. The SMILES string of the molecule is CC1CC(C)(C)N(C)c2ccc(/C=C3\SC(=Nc4ccc(Br)cc4)NC3=O)cc21. The predicted octanol–water partition coefficient (Wildman–Crippen LogP) is 6.06. The lowest BCUT2D eigenvalue weighted by Gasteiger charge is -2.45. The number of carbonyl (C=O) groups excluding carboxylic acids is 1. The maximum absolute atomic E-state index is 12.4. The molecule has 29 heavy (non-hydrogen) atoms. The number of anilines is 1. The van der Waals surface area contributed by atoms with Gasteiger partial charge in [0.15, 0.2) is 5.17 Å². The lowest BCUT2D eigenvalue weighted by atomic mass is 9.80. The first-order valence-corrected chi connectivity index (χ1v) is 11.3. The van der Waals surface area contributed by atoms with Crippen LogP contribution in [0, 0.1) is 0 Å². The second-order valence-electron chi connectivity index (χ2n) is 8.25. The van der Waals surface area contributed by atoms with Gasteiger partial charge in [0.05, 0.1) is 10.6 Å². The highest BCUT2D eigenvalue weighted by atomic mass is 79.9. The van der Waals surface area contributed by atoms with Crippen LogP contribution in [-0.2, 0) is 4.79 Å². The van der Waals surface area contributed by atoms with Crippen LogP contribution in [-0.4, -0.2) is 23.7 Å². The number of nitrogens with zero attached hydrogens (tertiary/aromatic N) is 2. The molecule has 1 fully saturated rings. The molecule has 0 saturated carbocycles. The Morgan fingerprint density at radius 1 is 1.24 bits per heavy atom. The van der Waals surface area contributed by atoms with Crippen molar-refractivity contribution in [2.24, 2.45) is 4.99 Å². The van der Waals surface area contributed by atoms with Gasteiger partial charge in [-0.05, 0) is 91.5 Å². The zero-order valence-electron chi connectivity index (χ0n) is 17.0. The van der Waals surface area contributed by atoms with Crippen LogP contribution < -0.4 is 10.2 Å².